The fourth-order valence-corrected chi connectivity index (χ4v) is 2.01. The first kappa shape index (κ1) is 11.8. The summed E-state index contributed by atoms with van der Waals surface area (Å²) in [7, 11) is 0. The molecule has 0 radical (unpaired) electrons. The number of nitrogens with two attached hydrogens (primary N) is 1. The summed E-state index contributed by atoms with van der Waals surface area (Å²) in [6.45, 7) is 5.38. The van der Waals surface area contributed by atoms with E-state index < -0.39 is 5.97 Å². The number of aromatic carboxylic acids is 1. The Labute approximate surface area is 101 Å². The van der Waals surface area contributed by atoms with Crippen molar-refractivity contribution in [2.75, 3.05) is 17.6 Å². The lowest BCUT2D eigenvalue weighted by molar-refractivity contribution is 0.0697. The third-order valence-electron chi connectivity index (χ3n) is 3.55. The van der Waals surface area contributed by atoms with Crippen LogP contribution in [-0.4, -0.2) is 17.6 Å². The van der Waals surface area contributed by atoms with Crippen molar-refractivity contribution in [3.63, 3.8) is 0 Å². The van der Waals surface area contributed by atoms with Crippen molar-refractivity contribution < 1.29 is 9.90 Å². The summed E-state index contributed by atoms with van der Waals surface area (Å²) in [5.41, 5.74) is 7.77. The minimum Gasteiger partial charge on any atom is -0.478 e. The van der Waals surface area contributed by atoms with Gasteiger partial charge in [0.1, 0.15) is 0 Å². The Kier molecular flexibility index (Phi) is 2.73. The fraction of sp³-hybridized carbons (Fsp3) is 0.462. The van der Waals surface area contributed by atoms with E-state index in [1.54, 1.807) is 12.1 Å². The molecule has 0 bridgehead atoms. The van der Waals surface area contributed by atoms with Gasteiger partial charge in [-0.05, 0) is 36.0 Å². The van der Waals surface area contributed by atoms with Gasteiger partial charge in [-0.25, -0.2) is 4.79 Å². The Morgan fingerprint density at radius 2 is 2.24 bits per heavy atom. The molecular formula is C13H18N2O2. The molecule has 17 heavy (non-hydrogen) atoms. The van der Waals surface area contributed by atoms with Crippen LogP contribution >= 0.6 is 0 Å². The van der Waals surface area contributed by atoms with Crippen LogP contribution in [0.5, 0.6) is 0 Å². The molecule has 4 nitrogen and oxygen atoms in total. The van der Waals surface area contributed by atoms with Gasteiger partial charge >= 0.3 is 5.97 Å². The van der Waals surface area contributed by atoms with Gasteiger partial charge in [0, 0.05) is 6.54 Å². The van der Waals surface area contributed by atoms with Gasteiger partial charge in [-0.2, -0.15) is 0 Å². The molecular weight excluding hydrogens is 216 g/mol. The molecule has 1 fully saturated rings. The Morgan fingerprint density at radius 1 is 1.59 bits per heavy atom. The smallest absolute Gasteiger partial charge is 0.335 e. The summed E-state index contributed by atoms with van der Waals surface area (Å²) < 4.78 is 0. The number of hydrogen-bond donors (Lipinski definition) is 3. The van der Waals surface area contributed by atoms with Crippen LogP contribution in [0.3, 0.4) is 0 Å². The predicted octanol–water partition coefficient (Wildman–Crippen LogP) is 2.43. The molecule has 4 heteroatoms. The third-order valence-corrected chi connectivity index (χ3v) is 3.55. The van der Waals surface area contributed by atoms with Crippen molar-refractivity contribution in [2.45, 2.75) is 20.3 Å². The molecule has 0 heterocycles. The summed E-state index contributed by atoms with van der Waals surface area (Å²) in [5, 5.41) is 12.1. The van der Waals surface area contributed by atoms with Gasteiger partial charge in [0.2, 0.25) is 0 Å². The van der Waals surface area contributed by atoms with E-state index in [2.05, 4.69) is 19.2 Å². The molecule has 0 aromatic heterocycles. The SMILES string of the molecule is CC1(C)CC1CNc1ccc(C(=O)O)cc1N. The summed E-state index contributed by atoms with van der Waals surface area (Å²) >= 11 is 0. The standard InChI is InChI=1S/C13H18N2O2/c1-13(2)6-9(13)7-15-11-4-3-8(12(16)17)5-10(11)14/h3-5,9,15H,6-7,14H2,1-2H3,(H,16,17). The molecule has 1 atom stereocenters. The topological polar surface area (TPSA) is 75.3 Å². The van der Waals surface area contributed by atoms with Crippen LogP contribution in [0.2, 0.25) is 0 Å². The van der Waals surface area contributed by atoms with E-state index in [0.29, 0.717) is 17.0 Å². The number of benzene rings is 1. The predicted molar refractivity (Wildman–Crippen MR) is 68.2 cm³/mol. The lowest BCUT2D eigenvalue weighted by Crippen LogP contribution is -2.09. The first-order valence-corrected chi connectivity index (χ1v) is 5.77. The fourth-order valence-electron chi connectivity index (χ4n) is 2.01. The second kappa shape index (κ2) is 3.95. The number of carbonyl (C=O) groups is 1. The normalized spacial score (nSPS) is 20.9. The Hall–Kier alpha value is -1.71. The number of carboxylic acid groups (broad SMARTS) is 1. The van der Waals surface area contributed by atoms with Gasteiger partial charge in [0.05, 0.1) is 16.9 Å². The van der Waals surface area contributed by atoms with Gasteiger partial charge in [0.25, 0.3) is 0 Å². The van der Waals surface area contributed by atoms with Crippen LogP contribution in [0.25, 0.3) is 0 Å². The van der Waals surface area contributed by atoms with E-state index in [1.165, 1.54) is 12.5 Å². The van der Waals surface area contributed by atoms with Crippen LogP contribution in [0.15, 0.2) is 18.2 Å². The van der Waals surface area contributed by atoms with Crippen molar-refractivity contribution in [2.24, 2.45) is 11.3 Å². The van der Waals surface area contributed by atoms with Crippen molar-refractivity contribution in [1.82, 2.24) is 0 Å². The maximum atomic E-state index is 10.7. The second-order valence-electron chi connectivity index (χ2n) is 5.38. The molecule has 2 rings (SSSR count). The largest absolute Gasteiger partial charge is 0.478 e. The van der Waals surface area contributed by atoms with E-state index >= 15 is 0 Å². The average Bonchev–Trinajstić information content (AvgIpc) is 2.84. The molecule has 1 aromatic rings. The van der Waals surface area contributed by atoms with Crippen molar-refractivity contribution >= 4 is 17.3 Å². The first-order chi connectivity index (χ1) is 7.90. The third kappa shape index (κ3) is 2.52. The number of anilines is 2. The number of nitrogens with one attached hydrogen (secondary N) is 1. The Balaban J connectivity index is 2.00. The van der Waals surface area contributed by atoms with Crippen LogP contribution < -0.4 is 11.1 Å². The zero-order valence-corrected chi connectivity index (χ0v) is 10.2. The molecule has 0 amide bonds. The maximum absolute atomic E-state index is 10.7. The molecule has 1 saturated carbocycles. The van der Waals surface area contributed by atoms with E-state index in [1.807, 2.05) is 0 Å². The highest BCUT2D eigenvalue weighted by atomic mass is 16.4. The summed E-state index contributed by atoms with van der Waals surface area (Å²) in [6, 6.07) is 4.79. The molecule has 0 spiro atoms. The molecule has 4 N–H and O–H groups in total. The monoisotopic (exact) mass is 234 g/mol. The van der Waals surface area contributed by atoms with Crippen LogP contribution in [0, 0.1) is 11.3 Å². The molecule has 1 aliphatic carbocycles. The van der Waals surface area contributed by atoms with Gasteiger partial charge in [-0.1, -0.05) is 13.8 Å². The van der Waals surface area contributed by atoms with E-state index in [-0.39, 0.29) is 5.56 Å². The van der Waals surface area contributed by atoms with Crippen molar-refractivity contribution in [3.05, 3.63) is 23.8 Å². The van der Waals surface area contributed by atoms with E-state index in [4.69, 9.17) is 10.8 Å². The first-order valence-electron chi connectivity index (χ1n) is 5.77. The van der Waals surface area contributed by atoms with Gasteiger partial charge in [-0.15, -0.1) is 0 Å². The number of rotatable bonds is 4. The summed E-state index contributed by atoms with van der Waals surface area (Å²) in [5.74, 6) is -0.271. The highest BCUT2D eigenvalue weighted by Crippen LogP contribution is 2.51. The summed E-state index contributed by atoms with van der Waals surface area (Å²) in [4.78, 5) is 10.7. The highest BCUT2D eigenvalue weighted by molar-refractivity contribution is 5.90. The summed E-state index contributed by atoms with van der Waals surface area (Å²) in [6.07, 6.45) is 1.23. The average molecular weight is 234 g/mol. The van der Waals surface area contributed by atoms with Crippen LogP contribution in [0.4, 0.5) is 11.4 Å². The minimum absolute atomic E-state index is 0.222. The molecule has 1 unspecified atom stereocenters. The molecule has 1 aromatic carbocycles. The van der Waals surface area contributed by atoms with Gasteiger partial charge < -0.3 is 16.2 Å². The lowest BCUT2D eigenvalue weighted by Gasteiger charge is -2.10. The quantitative estimate of drug-likeness (QED) is 0.699. The molecule has 0 aliphatic heterocycles. The van der Waals surface area contributed by atoms with Crippen molar-refractivity contribution in [3.8, 4) is 0 Å². The van der Waals surface area contributed by atoms with E-state index in [0.717, 1.165) is 12.2 Å². The van der Waals surface area contributed by atoms with Crippen LogP contribution in [0.1, 0.15) is 30.6 Å². The molecule has 0 saturated heterocycles. The van der Waals surface area contributed by atoms with Crippen molar-refractivity contribution in [1.29, 1.82) is 0 Å². The minimum atomic E-state index is -0.952. The Bertz CT molecular complexity index is 455. The molecule has 92 valence electrons. The molecule has 1 aliphatic rings. The van der Waals surface area contributed by atoms with Gasteiger partial charge in [0.15, 0.2) is 0 Å². The zero-order valence-electron chi connectivity index (χ0n) is 10.2. The number of hydrogen-bond acceptors (Lipinski definition) is 3. The Morgan fingerprint density at radius 3 is 2.71 bits per heavy atom. The number of carboxylic acids is 1. The maximum Gasteiger partial charge on any atom is 0.335 e. The van der Waals surface area contributed by atoms with Gasteiger partial charge in [-0.3, -0.25) is 0 Å². The zero-order chi connectivity index (χ0) is 12.6. The number of nitrogen functional groups attached to an aromatic ring is 1. The van der Waals surface area contributed by atoms with E-state index in [9.17, 15) is 4.79 Å². The second-order valence-corrected chi connectivity index (χ2v) is 5.38. The highest BCUT2D eigenvalue weighted by Gasteiger charge is 2.44. The van der Waals surface area contributed by atoms with Crippen LogP contribution in [-0.2, 0) is 0 Å². The lowest BCUT2D eigenvalue weighted by atomic mass is 10.1.